The highest BCUT2D eigenvalue weighted by molar-refractivity contribution is 7.19. The number of hydrogen-bond donors (Lipinski definition) is 1. The Morgan fingerprint density at radius 2 is 2.16 bits per heavy atom. The standard InChI is InChI=1S/C14H16ClNO2S/c1-9(14(17)18)7-16(2)8-12-13(15)10-5-3-4-6-11(10)19-12/h3-6,9H,7-8H2,1-2H3,(H,17,18). The van der Waals surface area contributed by atoms with Crippen molar-refractivity contribution in [3.8, 4) is 0 Å². The molecule has 0 bridgehead atoms. The Hall–Kier alpha value is -1.10. The van der Waals surface area contributed by atoms with Crippen molar-refractivity contribution in [3.05, 3.63) is 34.2 Å². The minimum absolute atomic E-state index is 0.377. The van der Waals surface area contributed by atoms with Crippen molar-refractivity contribution in [3.63, 3.8) is 0 Å². The summed E-state index contributed by atoms with van der Waals surface area (Å²) in [6, 6.07) is 8.03. The van der Waals surface area contributed by atoms with E-state index in [9.17, 15) is 4.79 Å². The number of thiophene rings is 1. The lowest BCUT2D eigenvalue weighted by Gasteiger charge is -2.18. The molecule has 0 fully saturated rings. The van der Waals surface area contributed by atoms with Gasteiger partial charge in [-0.3, -0.25) is 4.79 Å². The molecule has 0 spiro atoms. The Balaban J connectivity index is 2.13. The van der Waals surface area contributed by atoms with Crippen LogP contribution in [0.4, 0.5) is 0 Å². The fourth-order valence-electron chi connectivity index (χ4n) is 2.02. The topological polar surface area (TPSA) is 40.5 Å². The monoisotopic (exact) mass is 297 g/mol. The van der Waals surface area contributed by atoms with Crippen LogP contribution in [0, 0.1) is 5.92 Å². The molecule has 2 aromatic rings. The van der Waals surface area contributed by atoms with Crippen LogP contribution in [0.25, 0.3) is 10.1 Å². The largest absolute Gasteiger partial charge is 0.481 e. The summed E-state index contributed by atoms with van der Waals surface area (Å²) < 4.78 is 1.17. The first-order valence-corrected chi connectivity index (χ1v) is 7.25. The number of rotatable bonds is 5. The third-order valence-corrected chi connectivity index (χ3v) is 4.72. The van der Waals surface area contributed by atoms with Gasteiger partial charge in [-0.2, -0.15) is 0 Å². The van der Waals surface area contributed by atoms with Gasteiger partial charge in [0.25, 0.3) is 0 Å². The molecular formula is C14H16ClNO2S. The number of carboxylic acid groups (broad SMARTS) is 1. The molecule has 102 valence electrons. The Kier molecular flexibility index (Phi) is 4.45. The second-order valence-electron chi connectivity index (χ2n) is 4.77. The smallest absolute Gasteiger partial charge is 0.307 e. The second-order valence-corrected chi connectivity index (χ2v) is 6.29. The molecule has 1 aromatic carbocycles. The molecule has 0 radical (unpaired) electrons. The summed E-state index contributed by atoms with van der Waals surface area (Å²) in [5.74, 6) is -1.15. The van der Waals surface area contributed by atoms with E-state index in [4.69, 9.17) is 16.7 Å². The van der Waals surface area contributed by atoms with Gasteiger partial charge in [0.05, 0.1) is 10.9 Å². The first-order chi connectivity index (χ1) is 8.99. The molecular weight excluding hydrogens is 282 g/mol. The van der Waals surface area contributed by atoms with Gasteiger partial charge < -0.3 is 10.0 Å². The van der Waals surface area contributed by atoms with E-state index in [1.807, 2.05) is 30.1 Å². The minimum atomic E-state index is -0.769. The molecule has 0 saturated heterocycles. The molecule has 0 aliphatic rings. The van der Waals surface area contributed by atoms with E-state index in [0.717, 1.165) is 15.3 Å². The first-order valence-electron chi connectivity index (χ1n) is 6.06. The van der Waals surface area contributed by atoms with E-state index in [1.165, 1.54) is 4.70 Å². The first kappa shape index (κ1) is 14.3. The van der Waals surface area contributed by atoms with E-state index in [1.54, 1.807) is 18.3 Å². The van der Waals surface area contributed by atoms with Crippen molar-refractivity contribution >= 4 is 39.0 Å². The fourth-order valence-corrected chi connectivity index (χ4v) is 3.59. The van der Waals surface area contributed by atoms with Crippen LogP contribution in [0.5, 0.6) is 0 Å². The normalized spacial score (nSPS) is 13.1. The van der Waals surface area contributed by atoms with Crippen LogP contribution in [0.15, 0.2) is 24.3 Å². The quantitative estimate of drug-likeness (QED) is 0.914. The highest BCUT2D eigenvalue weighted by atomic mass is 35.5. The highest BCUT2D eigenvalue weighted by Crippen LogP contribution is 2.35. The van der Waals surface area contributed by atoms with Crippen LogP contribution in [0.2, 0.25) is 5.02 Å². The summed E-state index contributed by atoms with van der Waals surface area (Å²) in [5, 5.41) is 10.8. The molecule has 1 heterocycles. The predicted octanol–water partition coefficient (Wildman–Crippen LogP) is 3.71. The van der Waals surface area contributed by atoms with Crippen LogP contribution in [0.3, 0.4) is 0 Å². The van der Waals surface area contributed by atoms with Crippen molar-refractivity contribution in [2.45, 2.75) is 13.5 Å². The molecule has 0 saturated carbocycles. The molecule has 1 N–H and O–H groups in total. The predicted molar refractivity (Wildman–Crippen MR) is 80.0 cm³/mol. The number of aliphatic carboxylic acids is 1. The summed E-state index contributed by atoms with van der Waals surface area (Å²) in [6.07, 6.45) is 0. The molecule has 0 aliphatic carbocycles. The van der Waals surface area contributed by atoms with E-state index in [-0.39, 0.29) is 5.92 Å². The molecule has 0 aliphatic heterocycles. The minimum Gasteiger partial charge on any atom is -0.481 e. The van der Waals surface area contributed by atoms with Crippen LogP contribution in [-0.2, 0) is 11.3 Å². The summed E-state index contributed by atoms with van der Waals surface area (Å²) in [4.78, 5) is 13.9. The summed E-state index contributed by atoms with van der Waals surface area (Å²) in [7, 11) is 1.92. The van der Waals surface area contributed by atoms with Crippen LogP contribution < -0.4 is 0 Å². The van der Waals surface area contributed by atoms with Gasteiger partial charge in [0, 0.05) is 28.1 Å². The second kappa shape index (κ2) is 5.90. The average molecular weight is 298 g/mol. The molecule has 3 nitrogen and oxygen atoms in total. The number of fused-ring (bicyclic) bond motifs is 1. The zero-order chi connectivity index (χ0) is 14.0. The fraction of sp³-hybridized carbons (Fsp3) is 0.357. The van der Waals surface area contributed by atoms with Crippen LogP contribution >= 0.6 is 22.9 Å². The number of benzene rings is 1. The number of carboxylic acids is 1. The molecule has 19 heavy (non-hydrogen) atoms. The zero-order valence-corrected chi connectivity index (χ0v) is 12.5. The molecule has 5 heteroatoms. The highest BCUT2D eigenvalue weighted by Gasteiger charge is 2.16. The van der Waals surface area contributed by atoms with Crippen LogP contribution in [-0.4, -0.2) is 29.6 Å². The van der Waals surface area contributed by atoms with Gasteiger partial charge in [-0.1, -0.05) is 36.7 Å². The summed E-state index contributed by atoms with van der Waals surface area (Å²) in [6.45, 7) is 2.90. The summed E-state index contributed by atoms with van der Waals surface area (Å²) in [5.41, 5.74) is 0. The maximum Gasteiger partial charge on any atom is 0.307 e. The molecule has 1 aromatic heterocycles. The number of nitrogens with zero attached hydrogens (tertiary/aromatic N) is 1. The van der Waals surface area contributed by atoms with Gasteiger partial charge in [0.15, 0.2) is 0 Å². The Morgan fingerprint density at radius 3 is 2.79 bits per heavy atom. The Labute approximate surface area is 121 Å². The van der Waals surface area contributed by atoms with E-state index < -0.39 is 5.97 Å². The lowest BCUT2D eigenvalue weighted by molar-refractivity contribution is -0.141. The third-order valence-electron chi connectivity index (χ3n) is 3.02. The number of halogens is 1. The molecule has 2 rings (SSSR count). The van der Waals surface area contributed by atoms with E-state index in [2.05, 4.69) is 6.07 Å². The van der Waals surface area contributed by atoms with Crippen LogP contribution in [0.1, 0.15) is 11.8 Å². The zero-order valence-electron chi connectivity index (χ0n) is 10.9. The van der Waals surface area contributed by atoms with Gasteiger partial charge in [0.1, 0.15) is 0 Å². The molecule has 1 unspecified atom stereocenters. The van der Waals surface area contributed by atoms with Crippen molar-refractivity contribution in [1.82, 2.24) is 4.90 Å². The van der Waals surface area contributed by atoms with Crippen molar-refractivity contribution in [1.29, 1.82) is 0 Å². The van der Waals surface area contributed by atoms with Crippen molar-refractivity contribution < 1.29 is 9.90 Å². The Morgan fingerprint density at radius 1 is 1.47 bits per heavy atom. The third kappa shape index (κ3) is 3.26. The molecule has 1 atom stereocenters. The average Bonchev–Trinajstić information content (AvgIpc) is 2.66. The van der Waals surface area contributed by atoms with Gasteiger partial charge in [-0.05, 0) is 13.1 Å². The van der Waals surface area contributed by atoms with Crippen molar-refractivity contribution in [2.24, 2.45) is 5.92 Å². The van der Waals surface area contributed by atoms with Gasteiger partial charge in [-0.25, -0.2) is 0 Å². The maximum absolute atomic E-state index is 10.8. The van der Waals surface area contributed by atoms with E-state index >= 15 is 0 Å². The van der Waals surface area contributed by atoms with Gasteiger partial charge in [0.2, 0.25) is 0 Å². The summed E-state index contributed by atoms with van der Waals surface area (Å²) >= 11 is 8.03. The SMILES string of the molecule is CC(CN(C)Cc1sc2ccccc2c1Cl)C(=O)O. The molecule has 0 amide bonds. The van der Waals surface area contributed by atoms with E-state index in [0.29, 0.717) is 13.1 Å². The lowest BCUT2D eigenvalue weighted by Crippen LogP contribution is -2.28. The number of hydrogen-bond acceptors (Lipinski definition) is 3. The van der Waals surface area contributed by atoms with Gasteiger partial charge in [-0.15, -0.1) is 11.3 Å². The van der Waals surface area contributed by atoms with Crippen molar-refractivity contribution in [2.75, 3.05) is 13.6 Å². The Bertz CT molecular complexity index is 596. The van der Waals surface area contributed by atoms with Gasteiger partial charge >= 0.3 is 5.97 Å². The maximum atomic E-state index is 10.8. The number of carbonyl (C=O) groups is 1. The lowest BCUT2D eigenvalue weighted by atomic mass is 10.2.